The molecule has 3 aliphatic heterocycles. The minimum atomic E-state index is -2.47. The van der Waals surface area contributed by atoms with Crippen LogP contribution in [-0.4, -0.2) is 52.1 Å². The highest BCUT2D eigenvalue weighted by Gasteiger charge is 2.57. The van der Waals surface area contributed by atoms with Crippen molar-refractivity contribution in [2.75, 3.05) is 11.4 Å². The van der Waals surface area contributed by atoms with E-state index in [1.165, 1.54) is 36.4 Å². The van der Waals surface area contributed by atoms with Crippen molar-refractivity contribution < 1.29 is 45.1 Å². The lowest BCUT2D eigenvalue weighted by Gasteiger charge is -2.30. The molecule has 0 N–H and O–H groups in total. The highest BCUT2D eigenvalue weighted by molar-refractivity contribution is 6.25. The number of allylic oxidation sites excluding steroid dienone is 1. The molecule has 0 radical (unpaired) electrons. The molecule has 3 aromatic rings. The number of anilines is 1. The Balaban J connectivity index is 1.20. The first kappa shape index (κ1) is 31.2. The molecule has 4 atom stereocenters. The Kier molecular flexibility index (Phi) is 7.59. The predicted molar refractivity (Wildman–Crippen MR) is 153 cm³/mol. The zero-order valence-corrected chi connectivity index (χ0v) is 24.4. The maximum absolute atomic E-state index is 14.6. The van der Waals surface area contributed by atoms with Gasteiger partial charge in [-0.1, -0.05) is 29.5 Å². The molecule has 0 bridgehead atoms. The van der Waals surface area contributed by atoms with Crippen molar-refractivity contribution in [1.29, 1.82) is 0 Å². The molecule has 1 aliphatic carbocycles. The fraction of sp³-hybridized carbons (Fsp3) is 0.250. The summed E-state index contributed by atoms with van der Waals surface area (Å²) >= 11 is 0. The maximum Gasteiger partial charge on any atom is 0.264 e. The van der Waals surface area contributed by atoms with Crippen molar-refractivity contribution in [3.8, 4) is 0 Å². The third-order valence-corrected chi connectivity index (χ3v) is 8.74. The van der Waals surface area contributed by atoms with Gasteiger partial charge in [0.1, 0.15) is 23.9 Å². The lowest BCUT2D eigenvalue weighted by Crippen LogP contribution is -2.45. The molecule has 1 saturated heterocycles. The molecule has 0 spiro atoms. The average molecular weight is 671 g/mol. The highest BCUT2D eigenvalue weighted by Crippen LogP contribution is 2.45. The fourth-order valence-electron chi connectivity index (χ4n) is 6.54. The normalized spacial score (nSPS) is 24.1. The number of amides is 3. The van der Waals surface area contributed by atoms with E-state index in [1.807, 2.05) is 6.08 Å². The molecule has 3 amide bonds. The standard InChI is InChI=1S/C32H21F7N6O3/c33-17-8-4-14(5-9-17)12-16-2-1-3-19-26(16)41-45(28(19)15-6-10-18(34)11-7-15)20(46)13-43-30-27(40-42-43)31(47)44(32(30)48)29-24(38)22(36)21(35)23(37)25(29)39/h4-12,19,27-28,30H,1-3,13H2/b16-12+/t19-,27-,28+,30+/m0/s1. The molecule has 1 saturated carbocycles. The minimum Gasteiger partial charge on any atom is -0.271 e. The topological polar surface area (TPSA) is 98.0 Å². The number of hydrazone groups is 1. The Bertz CT molecular complexity index is 1940. The number of nitrogens with zero attached hydrogens (tertiary/aromatic N) is 6. The van der Waals surface area contributed by atoms with E-state index in [2.05, 4.69) is 15.4 Å². The largest absolute Gasteiger partial charge is 0.271 e. The lowest BCUT2D eigenvalue weighted by atomic mass is 9.77. The van der Waals surface area contributed by atoms with Crippen molar-refractivity contribution in [2.24, 2.45) is 21.4 Å². The number of hydrogen-bond acceptors (Lipinski definition) is 7. The summed E-state index contributed by atoms with van der Waals surface area (Å²) in [6.45, 7) is -0.729. The Morgan fingerprint density at radius 1 is 0.792 bits per heavy atom. The molecular formula is C32H21F7N6O3. The van der Waals surface area contributed by atoms with Crippen LogP contribution in [0.5, 0.6) is 0 Å². The second-order valence-electron chi connectivity index (χ2n) is 11.6. The van der Waals surface area contributed by atoms with Crippen LogP contribution in [0, 0.1) is 46.6 Å². The van der Waals surface area contributed by atoms with Gasteiger partial charge >= 0.3 is 0 Å². The van der Waals surface area contributed by atoms with Crippen LogP contribution in [0.15, 0.2) is 69.5 Å². The first-order valence-corrected chi connectivity index (χ1v) is 14.7. The third-order valence-electron chi connectivity index (χ3n) is 8.74. The van der Waals surface area contributed by atoms with Gasteiger partial charge in [0.25, 0.3) is 17.7 Å². The van der Waals surface area contributed by atoms with E-state index in [4.69, 9.17) is 0 Å². The Morgan fingerprint density at radius 2 is 1.40 bits per heavy atom. The number of benzene rings is 3. The van der Waals surface area contributed by atoms with Crippen LogP contribution in [0.1, 0.15) is 36.4 Å². The average Bonchev–Trinajstić information content (AvgIpc) is 3.74. The molecule has 246 valence electrons. The van der Waals surface area contributed by atoms with Crippen LogP contribution in [0.25, 0.3) is 6.08 Å². The van der Waals surface area contributed by atoms with Gasteiger partial charge < -0.3 is 0 Å². The van der Waals surface area contributed by atoms with Gasteiger partial charge in [0.2, 0.25) is 5.82 Å². The van der Waals surface area contributed by atoms with Gasteiger partial charge in [0.15, 0.2) is 35.4 Å². The minimum absolute atomic E-state index is 0.181. The van der Waals surface area contributed by atoms with Gasteiger partial charge in [0, 0.05) is 5.92 Å². The van der Waals surface area contributed by atoms with Crippen LogP contribution in [0.4, 0.5) is 36.4 Å². The monoisotopic (exact) mass is 670 g/mol. The SMILES string of the molecule is O=C1[C@H]2N=NN(CC(=O)N3N=C4/C(=C/c5ccc(F)cc5)CCC[C@@H]4[C@H]3c3ccc(F)cc3)[C@H]2C(=O)N1c1c(F)c(F)c(F)c(F)c1F. The smallest absolute Gasteiger partial charge is 0.264 e. The molecule has 9 nitrogen and oxygen atoms in total. The summed E-state index contributed by atoms with van der Waals surface area (Å²) < 4.78 is 98.1. The molecule has 48 heavy (non-hydrogen) atoms. The zero-order valence-electron chi connectivity index (χ0n) is 24.4. The number of imide groups is 1. The number of hydrogen-bond donors (Lipinski definition) is 0. The first-order chi connectivity index (χ1) is 23.0. The predicted octanol–water partition coefficient (Wildman–Crippen LogP) is 5.78. The summed E-state index contributed by atoms with van der Waals surface area (Å²) in [5, 5.41) is 14.0. The Morgan fingerprint density at radius 3 is 2.04 bits per heavy atom. The molecule has 3 heterocycles. The van der Waals surface area contributed by atoms with Crippen LogP contribution in [0.2, 0.25) is 0 Å². The van der Waals surface area contributed by atoms with Gasteiger partial charge in [-0.05, 0) is 66.3 Å². The van der Waals surface area contributed by atoms with Crippen molar-refractivity contribution in [3.05, 3.63) is 106 Å². The summed E-state index contributed by atoms with van der Waals surface area (Å²) in [6, 6.07) is 7.06. The maximum atomic E-state index is 14.6. The second-order valence-corrected chi connectivity index (χ2v) is 11.6. The van der Waals surface area contributed by atoms with Gasteiger partial charge in [-0.25, -0.2) is 40.6 Å². The third kappa shape index (κ3) is 4.93. The van der Waals surface area contributed by atoms with E-state index in [1.54, 1.807) is 12.1 Å². The van der Waals surface area contributed by atoms with E-state index < -0.39 is 88.8 Å². The molecule has 2 fully saturated rings. The fourth-order valence-corrected chi connectivity index (χ4v) is 6.54. The van der Waals surface area contributed by atoms with Crippen LogP contribution < -0.4 is 4.90 Å². The van der Waals surface area contributed by atoms with Crippen molar-refractivity contribution in [1.82, 2.24) is 10.0 Å². The summed E-state index contributed by atoms with van der Waals surface area (Å²) in [6.07, 6.45) is 3.74. The van der Waals surface area contributed by atoms with Crippen molar-refractivity contribution >= 4 is 35.2 Å². The molecule has 4 aliphatic rings. The number of halogens is 7. The molecule has 16 heteroatoms. The van der Waals surface area contributed by atoms with E-state index >= 15 is 0 Å². The van der Waals surface area contributed by atoms with Crippen molar-refractivity contribution in [3.63, 3.8) is 0 Å². The van der Waals surface area contributed by atoms with E-state index in [9.17, 15) is 45.1 Å². The molecule has 3 aromatic carbocycles. The summed E-state index contributed by atoms with van der Waals surface area (Å²) in [5.74, 6) is -16.8. The lowest BCUT2D eigenvalue weighted by molar-refractivity contribution is -0.136. The quantitative estimate of drug-likeness (QED) is 0.149. The molecule has 7 rings (SSSR count). The van der Waals surface area contributed by atoms with E-state index in [0.29, 0.717) is 36.1 Å². The van der Waals surface area contributed by atoms with Gasteiger partial charge in [-0.15, -0.1) is 0 Å². The Labute approximate surface area is 266 Å². The van der Waals surface area contributed by atoms with Gasteiger partial charge in [0.05, 0.1) is 11.8 Å². The first-order valence-electron chi connectivity index (χ1n) is 14.7. The van der Waals surface area contributed by atoms with Crippen LogP contribution in [-0.2, 0) is 14.4 Å². The van der Waals surface area contributed by atoms with E-state index in [-0.39, 0.29) is 10.8 Å². The van der Waals surface area contributed by atoms with Crippen LogP contribution >= 0.6 is 0 Å². The number of rotatable bonds is 5. The van der Waals surface area contributed by atoms with Gasteiger partial charge in [-0.2, -0.15) is 10.2 Å². The Hall–Kier alpha value is -5.41. The number of carbonyl (C=O) groups is 3. The van der Waals surface area contributed by atoms with Gasteiger partial charge in [-0.3, -0.25) is 19.4 Å². The molecular weight excluding hydrogens is 649 g/mol. The molecule has 0 aromatic heterocycles. The van der Waals surface area contributed by atoms with Crippen LogP contribution in [0.3, 0.4) is 0 Å². The number of carbonyl (C=O) groups excluding carboxylic acids is 3. The summed E-state index contributed by atoms with van der Waals surface area (Å²) in [7, 11) is 0. The summed E-state index contributed by atoms with van der Waals surface area (Å²) in [5.41, 5.74) is 0.838. The zero-order chi connectivity index (χ0) is 34.0. The van der Waals surface area contributed by atoms with E-state index in [0.717, 1.165) is 15.6 Å². The molecule has 0 unspecified atom stereocenters. The number of fused-ring (bicyclic) bond motifs is 2. The summed E-state index contributed by atoms with van der Waals surface area (Å²) in [4.78, 5) is 40.1. The second kappa shape index (κ2) is 11.7. The highest BCUT2D eigenvalue weighted by atomic mass is 19.2. The van der Waals surface area contributed by atoms with Crippen molar-refractivity contribution in [2.45, 2.75) is 37.4 Å².